The Morgan fingerprint density at radius 1 is 1.15 bits per heavy atom. The normalized spacial score (nSPS) is 10.2. The van der Waals surface area contributed by atoms with Crippen molar-refractivity contribution in [1.82, 2.24) is 0 Å². The van der Waals surface area contributed by atoms with E-state index in [2.05, 4.69) is 5.32 Å². The van der Waals surface area contributed by atoms with E-state index < -0.39 is 4.92 Å². The average Bonchev–Trinajstić information content (AvgIpc) is 2.36. The van der Waals surface area contributed by atoms with Crippen LogP contribution in [0.5, 0.6) is 11.5 Å². The molecular weight excluding hydrogens is 256 g/mol. The van der Waals surface area contributed by atoms with Gasteiger partial charge in [-0.1, -0.05) is 12.1 Å². The summed E-state index contributed by atoms with van der Waals surface area (Å²) >= 11 is 0. The average molecular weight is 272 g/mol. The van der Waals surface area contributed by atoms with Crippen molar-refractivity contribution in [2.24, 2.45) is 0 Å². The van der Waals surface area contributed by atoms with Crippen LogP contribution in [-0.4, -0.2) is 12.0 Å². The molecule has 0 aliphatic heterocycles. The van der Waals surface area contributed by atoms with Crippen LogP contribution in [0.3, 0.4) is 0 Å². The summed E-state index contributed by atoms with van der Waals surface area (Å²) in [6, 6.07) is 10.7. The zero-order valence-corrected chi connectivity index (χ0v) is 11.6. The first-order valence-electron chi connectivity index (χ1n) is 6.22. The summed E-state index contributed by atoms with van der Waals surface area (Å²) in [6.45, 7) is 3.91. The van der Waals surface area contributed by atoms with E-state index in [1.54, 1.807) is 25.2 Å². The van der Waals surface area contributed by atoms with Gasteiger partial charge in [0.25, 0.3) is 0 Å². The molecule has 2 rings (SSSR count). The molecule has 104 valence electrons. The number of nitro benzene ring substituents is 1. The van der Waals surface area contributed by atoms with Crippen LogP contribution >= 0.6 is 0 Å². The van der Waals surface area contributed by atoms with Gasteiger partial charge in [-0.2, -0.15) is 0 Å². The first kappa shape index (κ1) is 13.9. The smallest absolute Gasteiger partial charge is 0.334 e. The molecular formula is C15H16N2O3. The van der Waals surface area contributed by atoms with Gasteiger partial charge in [-0.3, -0.25) is 10.1 Å². The number of ether oxygens (including phenoxy) is 1. The second kappa shape index (κ2) is 5.61. The summed E-state index contributed by atoms with van der Waals surface area (Å²) in [6.07, 6.45) is 0. The molecule has 0 aliphatic carbocycles. The zero-order chi connectivity index (χ0) is 14.7. The van der Waals surface area contributed by atoms with E-state index in [0.29, 0.717) is 11.4 Å². The molecule has 2 aromatic rings. The van der Waals surface area contributed by atoms with Gasteiger partial charge in [-0.05, 0) is 49.2 Å². The van der Waals surface area contributed by atoms with Gasteiger partial charge in [-0.25, -0.2) is 0 Å². The largest absolute Gasteiger partial charge is 0.450 e. The lowest BCUT2D eigenvalue weighted by atomic mass is 10.1. The number of anilines is 1. The molecule has 5 heteroatoms. The van der Waals surface area contributed by atoms with E-state index in [9.17, 15) is 10.1 Å². The Bertz CT molecular complexity index is 633. The maximum Gasteiger partial charge on any atom is 0.334 e. The van der Waals surface area contributed by atoms with Crippen LogP contribution in [0, 0.1) is 24.0 Å². The highest BCUT2D eigenvalue weighted by molar-refractivity contribution is 5.68. The molecule has 0 heterocycles. The van der Waals surface area contributed by atoms with Crippen molar-refractivity contribution in [2.45, 2.75) is 13.8 Å². The Kier molecular flexibility index (Phi) is 3.89. The molecule has 2 aromatic carbocycles. The lowest BCUT2D eigenvalue weighted by molar-refractivity contribution is -0.384. The number of para-hydroxylation sites is 1. The maximum absolute atomic E-state index is 11.2. The molecule has 5 nitrogen and oxygen atoms in total. The molecule has 0 bridgehead atoms. The summed E-state index contributed by atoms with van der Waals surface area (Å²) in [5.74, 6) is 0.825. The van der Waals surface area contributed by atoms with Gasteiger partial charge in [0, 0.05) is 7.05 Å². The molecule has 0 atom stereocenters. The highest BCUT2D eigenvalue weighted by Gasteiger charge is 2.20. The standard InChI is InChI=1S/C15H16N2O3/c1-10-7-11(2)9-12(8-10)20-14-6-4-5-13(16-3)15(14)17(18)19/h4-9,16H,1-3H3. The summed E-state index contributed by atoms with van der Waals surface area (Å²) in [5.41, 5.74) is 2.46. The van der Waals surface area contributed by atoms with Crippen LogP contribution in [-0.2, 0) is 0 Å². The molecule has 0 aliphatic rings. The van der Waals surface area contributed by atoms with E-state index in [1.165, 1.54) is 0 Å². The van der Waals surface area contributed by atoms with Crippen molar-refractivity contribution in [1.29, 1.82) is 0 Å². The molecule has 0 saturated carbocycles. The van der Waals surface area contributed by atoms with E-state index in [0.717, 1.165) is 11.1 Å². The number of hydrogen-bond donors (Lipinski definition) is 1. The quantitative estimate of drug-likeness (QED) is 0.673. The van der Waals surface area contributed by atoms with Crippen molar-refractivity contribution in [2.75, 3.05) is 12.4 Å². The molecule has 0 unspecified atom stereocenters. The van der Waals surface area contributed by atoms with E-state index >= 15 is 0 Å². The number of hydrogen-bond acceptors (Lipinski definition) is 4. The van der Waals surface area contributed by atoms with Crippen LogP contribution in [0.4, 0.5) is 11.4 Å². The third kappa shape index (κ3) is 2.88. The number of nitro groups is 1. The predicted molar refractivity (Wildman–Crippen MR) is 78.6 cm³/mol. The molecule has 0 spiro atoms. The Balaban J connectivity index is 2.45. The lowest BCUT2D eigenvalue weighted by Gasteiger charge is -2.10. The Hall–Kier alpha value is -2.56. The van der Waals surface area contributed by atoms with Gasteiger partial charge in [0.1, 0.15) is 11.4 Å². The third-order valence-corrected chi connectivity index (χ3v) is 2.87. The van der Waals surface area contributed by atoms with E-state index in [4.69, 9.17) is 4.74 Å². The summed E-state index contributed by atoms with van der Waals surface area (Å²) in [7, 11) is 1.64. The van der Waals surface area contributed by atoms with Gasteiger partial charge < -0.3 is 10.1 Å². The summed E-state index contributed by atoms with van der Waals surface area (Å²) < 4.78 is 5.69. The number of nitrogens with zero attached hydrogens (tertiary/aromatic N) is 1. The Labute approximate surface area is 117 Å². The topological polar surface area (TPSA) is 64.4 Å². The zero-order valence-electron chi connectivity index (χ0n) is 11.6. The van der Waals surface area contributed by atoms with Crippen molar-refractivity contribution < 1.29 is 9.66 Å². The minimum atomic E-state index is -0.441. The molecule has 0 radical (unpaired) electrons. The second-order valence-electron chi connectivity index (χ2n) is 4.58. The number of benzene rings is 2. The predicted octanol–water partition coefficient (Wildman–Crippen LogP) is 4.05. The van der Waals surface area contributed by atoms with Gasteiger partial charge in [0.05, 0.1) is 4.92 Å². The van der Waals surface area contributed by atoms with Crippen LogP contribution in [0.2, 0.25) is 0 Å². The maximum atomic E-state index is 11.2. The molecule has 20 heavy (non-hydrogen) atoms. The fraction of sp³-hybridized carbons (Fsp3) is 0.200. The number of aryl methyl sites for hydroxylation is 2. The van der Waals surface area contributed by atoms with Gasteiger partial charge >= 0.3 is 5.69 Å². The van der Waals surface area contributed by atoms with Crippen molar-refractivity contribution in [3.63, 3.8) is 0 Å². The van der Waals surface area contributed by atoms with Crippen LogP contribution in [0.15, 0.2) is 36.4 Å². The molecule has 0 fully saturated rings. The fourth-order valence-corrected chi connectivity index (χ4v) is 2.11. The van der Waals surface area contributed by atoms with Gasteiger partial charge in [-0.15, -0.1) is 0 Å². The monoisotopic (exact) mass is 272 g/mol. The van der Waals surface area contributed by atoms with Crippen LogP contribution < -0.4 is 10.1 Å². The summed E-state index contributed by atoms with van der Waals surface area (Å²) in [5, 5.41) is 14.0. The number of nitrogens with one attached hydrogen (secondary N) is 1. The summed E-state index contributed by atoms with van der Waals surface area (Å²) in [4.78, 5) is 10.8. The Morgan fingerprint density at radius 3 is 2.35 bits per heavy atom. The highest BCUT2D eigenvalue weighted by atomic mass is 16.6. The van der Waals surface area contributed by atoms with E-state index in [1.807, 2.05) is 32.0 Å². The molecule has 0 saturated heterocycles. The minimum absolute atomic E-state index is 0.0610. The van der Waals surface area contributed by atoms with Gasteiger partial charge in [0.15, 0.2) is 0 Å². The molecule has 1 N–H and O–H groups in total. The highest BCUT2D eigenvalue weighted by Crippen LogP contribution is 2.37. The van der Waals surface area contributed by atoms with Gasteiger partial charge in [0.2, 0.25) is 5.75 Å². The van der Waals surface area contributed by atoms with Crippen LogP contribution in [0.25, 0.3) is 0 Å². The number of rotatable bonds is 4. The fourth-order valence-electron chi connectivity index (χ4n) is 2.11. The Morgan fingerprint density at radius 2 is 1.80 bits per heavy atom. The van der Waals surface area contributed by atoms with Crippen molar-refractivity contribution in [3.8, 4) is 11.5 Å². The lowest BCUT2D eigenvalue weighted by Crippen LogP contribution is -1.99. The first-order chi connectivity index (χ1) is 9.51. The SMILES string of the molecule is CNc1cccc(Oc2cc(C)cc(C)c2)c1[N+](=O)[O-]. The molecule has 0 aromatic heterocycles. The van der Waals surface area contributed by atoms with E-state index in [-0.39, 0.29) is 11.4 Å². The third-order valence-electron chi connectivity index (χ3n) is 2.87. The van der Waals surface area contributed by atoms with Crippen molar-refractivity contribution >= 4 is 11.4 Å². The minimum Gasteiger partial charge on any atom is -0.450 e. The van der Waals surface area contributed by atoms with Crippen LogP contribution in [0.1, 0.15) is 11.1 Å². The first-order valence-corrected chi connectivity index (χ1v) is 6.22. The van der Waals surface area contributed by atoms with Crippen molar-refractivity contribution in [3.05, 3.63) is 57.6 Å². The molecule has 0 amide bonds. The second-order valence-corrected chi connectivity index (χ2v) is 4.58.